The van der Waals surface area contributed by atoms with Crippen molar-refractivity contribution in [3.8, 4) is 5.69 Å². The van der Waals surface area contributed by atoms with Crippen LogP contribution in [-0.2, 0) is 4.74 Å². The summed E-state index contributed by atoms with van der Waals surface area (Å²) >= 11 is 5.90. The second-order valence-electron chi connectivity index (χ2n) is 6.28. The minimum Gasteiger partial charge on any atom is -0.374 e. The zero-order valence-electron chi connectivity index (χ0n) is 13.3. The number of nitrogens with zero attached hydrogens (tertiary/aromatic N) is 4. The molecule has 2 fully saturated rings. The standard InChI is InChI=1S/C17H19ClN4O2/c18-12-5-7-13(8-6-12)22-11-14(19-20-22)17(23)21-9-10-24-16-4-2-1-3-15(16)21/h5-8,11,15-16H,1-4,9-10H2. The fourth-order valence-corrected chi connectivity index (χ4v) is 3.70. The number of rotatable bonds is 2. The van der Waals surface area contributed by atoms with E-state index in [-0.39, 0.29) is 18.1 Å². The zero-order chi connectivity index (χ0) is 16.5. The summed E-state index contributed by atoms with van der Waals surface area (Å²) in [6.45, 7) is 1.21. The maximum absolute atomic E-state index is 12.9. The number of aromatic nitrogens is 3. The first kappa shape index (κ1) is 15.6. The molecule has 1 aliphatic heterocycles. The Balaban J connectivity index is 1.55. The van der Waals surface area contributed by atoms with Crippen molar-refractivity contribution < 1.29 is 9.53 Å². The van der Waals surface area contributed by atoms with Crippen LogP contribution in [0.15, 0.2) is 30.5 Å². The molecule has 6 nitrogen and oxygen atoms in total. The van der Waals surface area contributed by atoms with Crippen LogP contribution >= 0.6 is 11.6 Å². The topological polar surface area (TPSA) is 60.2 Å². The number of benzene rings is 1. The number of carbonyl (C=O) groups excluding carboxylic acids is 1. The number of hydrogen-bond donors (Lipinski definition) is 0. The Morgan fingerprint density at radius 3 is 2.83 bits per heavy atom. The van der Waals surface area contributed by atoms with Gasteiger partial charge in [0.25, 0.3) is 5.91 Å². The fourth-order valence-electron chi connectivity index (χ4n) is 3.58. The van der Waals surface area contributed by atoms with Crippen LogP contribution in [0.1, 0.15) is 36.2 Å². The van der Waals surface area contributed by atoms with Crippen LogP contribution in [0.2, 0.25) is 5.02 Å². The molecule has 1 saturated carbocycles. The van der Waals surface area contributed by atoms with Crippen LogP contribution in [0.5, 0.6) is 0 Å². The van der Waals surface area contributed by atoms with Crippen LogP contribution in [0, 0.1) is 0 Å². The van der Waals surface area contributed by atoms with Crippen LogP contribution in [0.4, 0.5) is 0 Å². The van der Waals surface area contributed by atoms with Gasteiger partial charge in [-0.15, -0.1) is 5.10 Å². The van der Waals surface area contributed by atoms with Gasteiger partial charge in [0.2, 0.25) is 0 Å². The van der Waals surface area contributed by atoms with Crippen molar-refractivity contribution in [3.05, 3.63) is 41.2 Å². The maximum Gasteiger partial charge on any atom is 0.276 e. The van der Waals surface area contributed by atoms with Crippen molar-refractivity contribution in [3.63, 3.8) is 0 Å². The summed E-state index contributed by atoms with van der Waals surface area (Å²) in [4.78, 5) is 14.8. The predicted octanol–water partition coefficient (Wildman–Crippen LogP) is 2.70. The first-order chi connectivity index (χ1) is 11.7. The lowest BCUT2D eigenvalue weighted by Gasteiger charge is -2.43. The van der Waals surface area contributed by atoms with E-state index in [1.807, 2.05) is 17.0 Å². The van der Waals surface area contributed by atoms with Crippen molar-refractivity contribution in [2.24, 2.45) is 0 Å². The average molecular weight is 347 g/mol. The summed E-state index contributed by atoms with van der Waals surface area (Å²) in [6.07, 6.45) is 6.21. The van der Waals surface area contributed by atoms with Crippen molar-refractivity contribution in [2.75, 3.05) is 13.2 Å². The Labute approximate surface area is 145 Å². The van der Waals surface area contributed by atoms with Gasteiger partial charge < -0.3 is 9.64 Å². The highest BCUT2D eigenvalue weighted by Gasteiger charge is 2.37. The molecular formula is C17H19ClN4O2. The number of fused-ring (bicyclic) bond motifs is 1. The van der Waals surface area contributed by atoms with Crippen molar-refractivity contribution in [1.82, 2.24) is 19.9 Å². The van der Waals surface area contributed by atoms with Gasteiger partial charge in [-0.05, 0) is 37.1 Å². The molecule has 24 heavy (non-hydrogen) atoms. The van der Waals surface area contributed by atoms with Gasteiger partial charge in [-0.1, -0.05) is 29.7 Å². The van der Waals surface area contributed by atoms with Gasteiger partial charge in [0.15, 0.2) is 5.69 Å². The predicted molar refractivity (Wildman–Crippen MR) is 89.4 cm³/mol. The molecule has 1 saturated heterocycles. The Bertz CT molecular complexity index is 728. The molecule has 4 rings (SSSR count). The van der Waals surface area contributed by atoms with E-state index >= 15 is 0 Å². The molecule has 2 aromatic rings. The third-order valence-electron chi connectivity index (χ3n) is 4.80. The lowest BCUT2D eigenvalue weighted by Crippen LogP contribution is -2.54. The van der Waals surface area contributed by atoms with Gasteiger partial charge in [0.05, 0.1) is 30.6 Å². The molecule has 2 aliphatic rings. The van der Waals surface area contributed by atoms with Crippen molar-refractivity contribution in [2.45, 2.75) is 37.8 Å². The summed E-state index contributed by atoms with van der Waals surface area (Å²) in [5, 5.41) is 8.82. The van der Waals surface area contributed by atoms with Crippen LogP contribution in [0.25, 0.3) is 5.69 Å². The summed E-state index contributed by atoms with van der Waals surface area (Å²) in [7, 11) is 0. The summed E-state index contributed by atoms with van der Waals surface area (Å²) in [6, 6.07) is 7.43. The lowest BCUT2D eigenvalue weighted by atomic mass is 9.90. The van der Waals surface area contributed by atoms with E-state index in [2.05, 4.69) is 10.3 Å². The molecular weight excluding hydrogens is 328 g/mol. The van der Waals surface area contributed by atoms with E-state index in [4.69, 9.17) is 16.3 Å². The van der Waals surface area contributed by atoms with E-state index in [1.165, 1.54) is 6.42 Å². The SMILES string of the molecule is O=C(c1cn(-c2ccc(Cl)cc2)nn1)N1CCOC2CCCCC21. The molecule has 126 valence electrons. The van der Waals surface area contributed by atoms with Gasteiger partial charge in [-0.2, -0.15) is 0 Å². The highest BCUT2D eigenvalue weighted by molar-refractivity contribution is 6.30. The molecule has 2 heterocycles. The maximum atomic E-state index is 12.9. The molecule has 7 heteroatoms. The molecule has 0 bridgehead atoms. The second kappa shape index (κ2) is 6.53. The van der Waals surface area contributed by atoms with E-state index in [0.717, 1.165) is 24.9 Å². The Hall–Kier alpha value is -1.92. The minimum absolute atomic E-state index is 0.0598. The zero-order valence-corrected chi connectivity index (χ0v) is 14.0. The third kappa shape index (κ3) is 2.91. The fraction of sp³-hybridized carbons (Fsp3) is 0.471. The quantitative estimate of drug-likeness (QED) is 0.838. The molecule has 1 amide bonds. The van der Waals surface area contributed by atoms with Gasteiger partial charge >= 0.3 is 0 Å². The third-order valence-corrected chi connectivity index (χ3v) is 5.05. The van der Waals surface area contributed by atoms with E-state index in [0.29, 0.717) is 23.9 Å². The van der Waals surface area contributed by atoms with E-state index < -0.39 is 0 Å². The Morgan fingerprint density at radius 1 is 1.21 bits per heavy atom. The Kier molecular flexibility index (Phi) is 4.24. The molecule has 2 unspecified atom stereocenters. The summed E-state index contributed by atoms with van der Waals surface area (Å²) < 4.78 is 7.44. The molecule has 0 spiro atoms. The first-order valence-electron chi connectivity index (χ1n) is 8.33. The van der Waals surface area contributed by atoms with E-state index in [9.17, 15) is 4.79 Å². The monoisotopic (exact) mass is 346 g/mol. The summed E-state index contributed by atoms with van der Waals surface area (Å²) in [5.74, 6) is -0.0598. The molecule has 2 atom stereocenters. The van der Waals surface area contributed by atoms with Crippen LogP contribution in [-0.4, -0.2) is 51.1 Å². The van der Waals surface area contributed by atoms with Gasteiger partial charge in [-0.3, -0.25) is 4.79 Å². The number of morpholine rings is 1. The van der Waals surface area contributed by atoms with Gasteiger partial charge in [-0.25, -0.2) is 4.68 Å². The lowest BCUT2D eigenvalue weighted by molar-refractivity contribution is -0.0754. The van der Waals surface area contributed by atoms with Gasteiger partial charge in [0.1, 0.15) is 0 Å². The summed E-state index contributed by atoms with van der Waals surface area (Å²) in [5.41, 5.74) is 1.19. The van der Waals surface area contributed by atoms with Gasteiger partial charge in [0, 0.05) is 11.6 Å². The Morgan fingerprint density at radius 2 is 2.00 bits per heavy atom. The van der Waals surface area contributed by atoms with Crippen LogP contribution < -0.4 is 0 Å². The number of ether oxygens (including phenoxy) is 1. The smallest absolute Gasteiger partial charge is 0.276 e. The van der Waals surface area contributed by atoms with Crippen molar-refractivity contribution in [1.29, 1.82) is 0 Å². The normalized spacial score (nSPS) is 23.8. The first-order valence-corrected chi connectivity index (χ1v) is 8.71. The number of halogens is 1. The highest BCUT2D eigenvalue weighted by atomic mass is 35.5. The molecule has 0 N–H and O–H groups in total. The minimum atomic E-state index is -0.0598. The highest BCUT2D eigenvalue weighted by Crippen LogP contribution is 2.29. The molecule has 1 aliphatic carbocycles. The molecule has 0 radical (unpaired) electrons. The van der Waals surface area contributed by atoms with Crippen LogP contribution in [0.3, 0.4) is 0 Å². The molecule has 1 aromatic heterocycles. The average Bonchev–Trinajstić information content (AvgIpc) is 3.11. The molecule has 1 aromatic carbocycles. The number of amides is 1. The second-order valence-corrected chi connectivity index (χ2v) is 6.72. The largest absolute Gasteiger partial charge is 0.374 e. The number of hydrogen-bond acceptors (Lipinski definition) is 4. The van der Waals surface area contributed by atoms with Crippen molar-refractivity contribution >= 4 is 17.5 Å². The van der Waals surface area contributed by atoms with E-state index in [1.54, 1.807) is 23.0 Å². The number of carbonyl (C=O) groups is 1.